The van der Waals surface area contributed by atoms with Crippen LogP contribution in [-0.2, 0) is 28.8 Å². The van der Waals surface area contributed by atoms with E-state index in [0.29, 0.717) is 12.8 Å². The number of guanidine groups is 1. The normalized spacial score (nSPS) is 14.0. The summed E-state index contributed by atoms with van der Waals surface area (Å²) in [6.07, 6.45) is 1.45. The fraction of sp³-hybridized carbons (Fsp3) is 0.667. The SMILES string of the molecule is CC(C)C[C@H](N)C(=O)N[C@@H](CCC(N)=O)C(=O)N[C@@H](CC(N)=O)C(=O)N[C@H]([C]=O)CCCNC(=N)N. The first-order valence-corrected chi connectivity index (χ1v) is 11.5. The van der Waals surface area contributed by atoms with Crippen LogP contribution in [0.2, 0.25) is 0 Å². The van der Waals surface area contributed by atoms with Gasteiger partial charge in [-0.2, -0.15) is 0 Å². The van der Waals surface area contributed by atoms with Crippen molar-refractivity contribution in [1.82, 2.24) is 21.3 Å². The van der Waals surface area contributed by atoms with Crippen LogP contribution in [0.25, 0.3) is 0 Å². The summed E-state index contributed by atoms with van der Waals surface area (Å²) in [6, 6.07) is -4.74. The lowest BCUT2D eigenvalue weighted by atomic mass is 10.0. The molecule has 0 heterocycles. The van der Waals surface area contributed by atoms with E-state index in [0.717, 1.165) is 0 Å². The first kappa shape index (κ1) is 32.2. The number of rotatable bonds is 18. The Bertz CT molecular complexity index is 805. The zero-order valence-electron chi connectivity index (χ0n) is 20.6. The summed E-state index contributed by atoms with van der Waals surface area (Å²) >= 11 is 0. The third-order valence-electron chi connectivity index (χ3n) is 4.86. The Morgan fingerprint density at radius 3 is 1.94 bits per heavy atom. The first-order valence-electron chi connectivity index (χ1n) is 11.5. The van der Waals surface area contributed by atoms with Gasteiger partial charge in [-0.1, -0.05) is 13.8 Å². The second-order valence-electron chi connectivity index (χ2n) is 8.70. The van der Waals surface area contributed by atoms with Gasteiger partial charge in [0.15, 0.2) is 5.96 Å². The summed E-state index contributed by atoms with van der Waals surface area (Å²) in [5.41, 5.74) is 21.4. The summed E-state index contributed by atoms with van der Waals surface area (Å²) in [5.74, 6) is -4.18. The topological polar surface area (TPSA) is 278 Å². The van der Waals surface area contributed by atoms with E-state index < -0.39 is 60.1 Å². The fourth-order valence-corrected chi connectivity index (χ4v) is 3.09. The number of amides is 5. The van der Waals surface area contributed by atoms with Gasteiger partial charge in [-0.25, -0.2) is 0 Å². The molecule has 0 aromatic carbocycles. The van der Waals surface area contributed by atoms with Crippen LogP contribution in [0.4, 0.5) is 0 Å². The Labute approximate surface area is 209 Å². The summed E-state index contributed by atoms with van der Waals surface area (Å²) in [6.45, 7) is 3.99. The molecule has 0 aliphatic rings. The van der Waals surface area contributed by atoms with E-state index in [1.165, 1.54) is 0 Å². The van der Waals surface area contributed by atoms with Crippen LogP contribution in [0.5, 0.6) is 0 Å². The molecular formula is C21H38N9O6. The van der Waals surface area contributed by atoms with Crippen LogP contribution >= 0.6 is 0 Å². The Hall–Kier alpha value is -3.75. The number of hydrogen-bond acceptors (Lipinski definition) is 8. The lowest BCUT2D eigenvalue weighted by Crippen LogP contribution is -2.57. The molecule has 0 bridgehead atoms. The van der Waals surface area contributed by atoms with E-state index in [-0.39, 0.29) is 37.7 Å². The Kier molecular flexibility index (Phi) is 15.1. The van der Waals surface area contributed by atoms with Crippen molar-refractivity contribution in [2.75, 3.05) is 6.54 Å². The fourth-order valence-electron chi connectivity index (χ4n) is 3.09. The van der Waals surface area contributed by atoms with Crippen molar-refractivity contribution in [3.63, 3.8) is 0 Å². The smallest absolute Gasteiger partial charge is 0.243 e. The quantitative estimate of drug-likeness (QED) is 0.0496. The Balaban J connectivity index is 5.39. The van der Waals surface area contributed by atoms with Gasteiger partial charge < -0.3 is 44.2 Å². The molecule has 0 unspecified atom stereocenters. The van der Waals surface area contributed by atoms with Crippen LogP contribution in [0.3, 0.4) is 0 Å². The highest BCUT2D eigenvalue weighted by molar-refractivity contribution is 5.95. The van der Waals surface area contributed by atoms with Gasteiger partial charge in [0.1, 0.15) is 12.1 Å². The van der Waals surface area contributed by atoms with Crippen molar-refractivity contribution >= 4 is 41.8 Å². The second-order valence-corrected chi connectivity index (χ2v) is 8.70. The second kappa shape index (κ2) is 16.8. The molecule has 36 heavy (non-hydrogen) atoms. The van der Waals surface area contributed by atoms with Crippen molar-refractivity contribution < 1.29 is 28.8 Å². The lowest BCUT2D eigenvalue weighted by molar-refractivity contribution is -0.134. The Morgan fingerprint density at radius 1 is 0.861 bits per heavy atom. The average molecular weight is 513 g/mol. The van der Waals surface area contributed by atoms with Gasteiger partial charge in [0.05, 0.1) is 18.5 Å². The van der Waals surface area contributed by atoms with Crippen LogP contribution < -0.4 is 44.2 Å². The molecule has 0 aromatic heterocycles. The van der Waals surface area contributed by atoms with Gasteiger partial charge in [-0.3, -0.25) is 34.2 Å². The number of carbonyl (C=O) groups excluding carboxylic acids is 6. The minimum absolute atomic E-state index is 0.105. The lowest BCUT2D eigenvalue weighted by Gasteiger charge is -2.24. The van der Waals surface area contributed by atoms with Crippen molar-refractivity contribution in [2.45, 2.75) is 76.5 Å². The molecule has 15 heteroatoms. The van der Waals surface area contributed by atoms with Crippen LogP contribution in [0, 0.1) is 11.3 Å². The van der Waals surface area contributed by atoms with Crippen molar-refractivity contribution in [1.29, 1.82) is 5.41 Å². The van der Waals surface area contributed by atoms with Gasteiger partial charge in [0.2, 0.25) is 35.8 Å². The van der Waals surface area contributed by atoms with E-state index >= 15 is 0 Å². The van der Waals surface area contributed by atoms with Crippen LogP contribution in [-0.4, -0.2) is 72.5 Å². The average Bonchev–Trinajstić information content (AvgIpc) is 2.76. The summed E-state index contributed by atoms with van der Waals surface area (Å²) in [7, 11) is 0. The molecule has 0 saturated carbocycles. The molecule has 15 nitrogen and oxygen atoms in total. The maximum Gasteiger partial charge on any atom is 0.243 e. The molecule has 0 saturated heterocycles. The first-order chi connectivity index (χ1) is 16.8. The molecule has 0 spiro atoms. The monoisotopic (exact) mass is 512 g/mol. The van der Waals surface area contributed by atoms with E-state index in [4.69, 9.17) is 28.3 Å². The third kappa shape index (κ3) is 14.5. The molecule has 13 N–H and O–H groups in total. The van der Waals surface area contributed by atoms with Crippen LogP contribution in [0.15, 0.2) is 0 Å². The largest absolute Gasteiger partial charge is 0.370 e. The summed E-state index contributed by atoms with van der Waals surface area (Å²) < 4.78 is 0. The van der Waals surface area contributed by atoms with Gasteiger partial charge in [-0.05, 0) is 31.6 Å². The van der Waals surface area contributed by atoms with E-state index in [9.17, 15) is 28.8 Å². The molecule has 0 aliphatic heterocycles. The van der Waals surface area contributed by atoms with Gasteiger partial charge in [0.25, 0.3) is 0 Å². The maximum absolute atomic E-state index is 12.9. The molecule has 0 aromatic rings. The Morgan fingerprint density at radius 2 is 1.44 bits per heavy atom. The van der Waals surface area contributed by atoms with Gasteiger partial charge >= 0.3 is 0 Å². The van der Waals surface area contributed by atoms with Crippen LogP contribution in [0.1, 0.15) is 52.4 Å². The zero-order valence-corrected chi connectivity index (χ0v) is 20.6. The van der Waals surface area contributed by atoms with Crippen molar-refractivity contribution in [3.05, 3.63) is 0 Å². The number of hydrogen-bond donors (Lipinski definition) is 9. The number of nitrogens with two attached hydrogens (primary N) is 4. The van der Waals surface area contributed by atoms with Crippen molar-refractivity contribution in [3.8, 4) is 0 Å². The highest BCUT2D eigenvalue weighted by atomic mass is 16.2. The van der Waals surface area contributed by atoms with E-state index in [2.05, 4.69) is 21.3 Å². The highest BCUT2D eigenvalue weighted by Gasteiger charge is 2.30. The standard InChI is InChI=1S/C21H38N9O6/c1-11(2)8-13(22)18(34)29-14(5-6-16(23)32)19(35)30-15(9-17(24)33)20(36)28-12(10-31)4-3-7-27-21(25)26/h11-15H,3-9,22H2,1-2H3,(H2,23,32)(H2,24,33)(H,28,36)(H,29,34)(H,30,35)(H4,25,26,27)/t12-,13-,14-,15-/m0/s1. The highest BCUT2D eigenvalue weighted by Crippen LogP contribution is 2.06. The van der Waals surface area contributed by atoms with Crippen molar-refractivity contribution in [2.24, 2.45) is 28.9 Å². The summed E-state index contributed by atoms with van der Waals surface area (Å²) in [4.78, 5) is 72.0. The summed E-state index contributed by atoms with van der Waals surface area (Å²) in [5, 5.41) is 16.7. The minimum Gasteiger partial charge on any atom is -0.370 e. The number of primary amides is 2. The molecule has 0 fully saturated rings. The van der Waals surface area contributed by atoms with Gasteiger partial charge in [-0.15, -0.1) is 0 Å². The number of carbonyl (C=O) groups is 5. The molecule has 0 aliphatic carbocycles. The van der Waals surface area contributed by atoms with E-state index in [1.807, 2.05) is 13.8 Å². The minimum atomic E-state index is -1.47. The molecular weight excluding hydrogens is 474 g/mol. The molecule has 5 amide bonds. The molecule has 203 valence electrons. The third-order valence-corrected chi connectivity index (χ3v) is 4.86. The predicted octanol–water partition coefficient (Wildman–Crippen LogP) is -3.67. The maximum atomic E-state index is 12.9. The molecule has 4 atom stereocenters. The van der Waals surface area contributed by atoms with Gasteiger partial charge in [0, 0.05) is 13.0 Å². The molecule has 0 rings (SSSR count). The zero-order chi connectivity index (χ0) is 27.8. The van der Waals surface area contributed by atoms with E-state index in [1.54, 1.807) is 6.29 Å². The predicted molar refractivity (Wildman–Crippen MR) is 130 cm³/mol. The number of nitrogens with one attached hydrogen (secondary N) is 5. The molecule has 1 radical (unpaired) electrons.